The van der Waals surface area contributed by atoms with E-state index < -0.39 is 0 Å². The molecule has 136 valence electrons. The zero-order valence-corrected chi connectivity index (χ0v) is 16.5. The van der Waals surface area contributed by atoms with Crippen LogP contribution in [-0.2, 0) is 6.54 Å². The highest BCUT2D eigenvalue weighted by molar-refractivity contribution is 7.99. The van der Waals surface area contributed by atoms with Crippen molar-refractivity contribution in [3.05, 3.63) is 23.8 Å². The first-order valence-corrected chi connectivity index (χ1v) is 9.55. The molecule has 0 heterocycles. The van der Waals surface area contributed by atoms with E-state index in [1.165, 1.54) is 0 Å². The highest BCUT2D eigenvalue weighted by atomic mass is 32.2. The monoisotopic (exact) mass is 353 g/mol. The second-order valence-corrected chi connectivity index (χ2v) is 7.44. The second-order valence-electron chi connectivity index (χ2n) is 5.93. The van der Waals surface area contributed by atoms with Crippen molar-refractivity contribution < 1.29 is 9.47 Å². The molecule has 0 aliphatic heterocycles. The van der Waals surface area contributed by atoms with Gasteiger partial charge < -0.3 is 20.1 Å². The fraction of sp³-hybridized carbons (Fsp3) is 0.611. The van der Waals surface area contributed by atoms with Crippen LogP contribution in [0.2, 0.25) is 0 Å². The van der Waals surface area contributed by atoms with Crippen LogP contribution in [0.3, 0.4) is 0 Å². The molecule has 24 heavy (non-hydrogen) atoms. The average Bonchev–Trinajstić information content (AvgIpc) is 2.58. The van der Waals surface area contributed by atoms with Gasteiger partial charge in [0.1, 0.15) is 0 Å². The number of nitrogens with zero attached hydrogens (tertiary/aromatic N) is 1. The molecule has 1 rings (SSSR count). The fourth-order valence-corrected chi connectivity index (χ4v) is 2.19. The number of guanidine groups is 1. The lowest BCUT2D eigenvalue weighted by molar-refractivity contribution is 0.310. The van der Waals surface area contributed by atoms with Crippen molar-refractivity contribution in [1.29, 1.82) is 0 Å². The van der Waals surface area contributed by atoms with Crippen molar-refractivity contribution in [3.63, 3.8) is 0 Å². The van der Waals surface area contributed by atoms with E-state index in [9.17, 15) is 0 Å². The van der Waals surface area contributed by atoms with E-state index in [0.717, 1.165) is 36.1 Å². The van der Waals surface area contributed by atoms with Crippen molar-refractivity contribution in [1.82, 2.24) is 10.6 Å². The maximum Gasteiger partial charge on any atom is 0.191 e. The summed E-state index contributed by atoms with van der Waals surface area (Å²) in [6, 6.07) is 5.93. The van der Waals surface area contributed by atoms with Gasteiger partial charge >= 0.3 is 0 Å². The molecular weight excluding hydrogens is 322 g/mol. The standard InChI is InChI=1S/C18H31N3O2S/c1-7-19-17(21-13-18(3,4)24-6)20-12-14-9-10-15(22-5)16(11-14)23-8-2/h9-11H,7-8,12-13H2,1-6H3,(H2,19,20,21). The van der Waals surface area contributed by atoms with Crippen molar-refractivity contribution in [2.45, 2.75) is 39.0 Å². The van der Waals surface area contributed by atoms with E-state index in [0.29, 0.717) is 13.2 Å². The summed E-state index contributed by atoms with van der Waals surface area (Å²) < 4.78 is 11.1. The lowest BCUT2D eigenvalue weighted by atomic mass is 10.2. The van der Waals surface area contributed by atoms with Crippen molar-refractivity contribution >= 4 is 17.7 Å². The number of benzene rings is 1. The molecule has 0 fully saturated rings. The predicted octanol–water partition coefficient (Wildman–Crippen LogP) is 3.29. The molecule has 0 unspecified atom stereocenters. The first-order chi connectivity index (χ1) is 11.5. The Hall–Kier alpha value is -1.56. The van der Waals surface area contributed by atoms with Crippen LogP contribution in [0.25, 0.3) is 0 Å². The first kappa shape index (κ1) is 20.5. The van der Waals surface area contributed by atoms with Gasteiger partial charge in [-0.2, -0.15) is 11.8 Å². The topological polar surface area (TPSA) is 54.9 Å². The number of thioether (sulfide) groups is 1. The Labute approximate surface area is 150 Å². The van der Waals surface area contributed by atoms with Crippen LogP contribution >= 0.6 is 11.8 Å². The summed E-state index contributed by atoms with van der Waals surface area (Å²) in [5, 5.41) is 6.69. The zero-order valence-electron chi connectivity index (χ0n) is 15.7. The summed E-state index contributed by atoms with van der Waals surface area (Å²) in [7, 11) is 1.65. The molecular formula is C18H31N3O2S. The average molecular weight is 354 g/mol. The molecule has 2 N–H and O–H groups in total. The van der Waals surface area contributed by atoms with Crippen LogP contribution in [-0.4, -0.2) is 43.8 Å². The Kier molecular flexibility index (Phi) is 8.82. The van der Waals surface area contributed by atoms with Gasteiger partial charge in [-0.15, -0.1) is 0 Å². The van der Waals surface area contributed by atoms with E-state index in [-0.39, 0.29) is 4.75 Å². The number of methoxy groups -OCH3 is 1. The number of nitrogens with one attached hydrogen (secondary N) is 2. The molecule has 0 saturated carbocycles. The summed E-state index contributed by atoms with van der Waals surface area (Å²) in [5.74, 6) is 2.33. The van der Waals surface area contributed by atoms with Gasteiger partial charge in [-0.05, 0) is 51.6 Å². The van der Waals surface area contributed by atoms with E-state index in [2.05, 4.69) is 42.7 Å². The Balaban J connectivity index is 2.79. The minimum Gasteiger partial charge on any atom is -0.493 e. The normalized spacial score (nSPS) is 12.0. The van der Waals surface area contributed by atoms with Gasteiger partial charge in [0, 0.05) is 17.8 Å². The Morgan fingerprint density at radius 2 is 1.96 bits per heavy atom. The molecule has 0 aliphatic carbocycles. The highest BCUT2D eigenvalue weighted by Gasteiger charge is 2.16. The molecule has 0 saturated heterocycles. The molecule has 0 radical (unpaired) electrons. The SMILES string of the molecule is CCNC(=NCc1ccc(OC)c(OCC)c1)NCC(C)(C)SC. The van der Waals surface area contributed by atoms with Gasteiger partial charge in [0.15, 0.2) is 17.5 Å². The number of hydrogen-bond acceptors (Lipinski definition) is 4. The van der Waals surface area contributed by atoms with Crippen molar-refractivity contribution in [2.24, 2.45) is 4.99 Å². The second kappa shape index (κ2) is 10.3. The summed E-state index contributed by atoms with van der Waals surface area (Å²) in [4.78, 5) is 4.67. The summed E-state index contributed by atoms with van der Waals surface area (Å²) >= 11 is 1.84. The third-order valence-electron chi connectivity index (χ3n) is 3.53. The molecule has 5 nitrogen and oxygen atoms in total. The third kappa shape index (κ3) is 6.91. The maximum absolute atomic E-state index is 5.62. The van der Waals surface area contributed by atoms with Crippen LogP contribution in [0.4, 0.5) is 0 Å². The molecule has 0 aromatic heterocycles. The van der Waals surface area contributed by atoms with Crippen LogP contribution in [0.1, 0.15) is 33.3 Å². The third-order valence-corrected chi connectivity index (χ3v) is 4.78. The first-order valence-electron chi connectivity index (χ1n) is 8.32. The lowest BCUT2D eigenvalue weighted by Gasteiger charge is -2.23. The van der Waals surface area contributed by atoms with Crippen LogP contribution < -0.4 is 20.1 Å². The fourth-order valence-electron chi connectivity index (χ4n) is 1.97. The largest absolute Gasteiger partial charge is 0.493 e. The van der Waals surface area contributed by atoms with Gasteiger partial charge in [-0.1, -0.05) is 6.07 Å². The van der Waals surface area contributed by atoms with Crippen LogP contribution in [0.5, 0.6) is 11.5 Å². The lowest BCUT2D eigenvalue weighted by Crippen LogP contribution is -2.43. The molecule has 1 aromatic rings. The van der Waals surface area contributed by atoms with Gasteiger partial charge in [0.05, 0.1) is 20.3 Å². The van der Waals surface area contributed by atoms with Gasteiger partial charge in [0.2, 0.25) is 0 Å². The molecule has 0 atom stereocenters. The predicted molar refractivity (Wildman–Crippen MR) is 105 cm³/mol. The number of aliphatic imine (C=N–C) groups is 1. The maximum atomic E-state index is 5.62. The summed E-state index contributed by atoms with van der Waals surface area (Å²) in [6.45, 7) is 11.3. The van der Waals surface area contributed by atoms with Gasteiger partial charge in [-0.25, -0.2) is 4.99 Å². The molecule has 6 heteroatoms. The molecule has 0 aliphatic rings. The van der Waals surface area contributed by atoms with Crippen molar-refractivity contribution in [3.8, 4) is 11.5 Å². The smallest absolute Gasteiger partial charge is 0.191 e. The minimum atomic E-state index is 0.165. The number of ether oxygens (including phenoxy) is 2. The van der Waals surface area contributed by atoms with E-state index in [4.69, 9.17) is 9.47 Å². The van der Waals surface area contributed by atoms with E-state index in [1.54, 1.807) is 7.11 Å². The summed E-state index contributed by atoms with van der Waals surface area (Å²) in [6.07, 6.45) is 2.12. The summed E-state index contributed by atoms with van der Waals surface area (Å²) in [5.41, 5.74) is 1.08. The Bertz CT molecular complexity index is 533. The molecule has 1 aromatic carbocycles. The van der Waals surface area contributed by atoms with Gasteiger partial charge in [-0.3, -0.25) is 0 Å². The van der Waals surface area contributed by atoms with E-state index in [1.807, 2.05) is 36.9 Å². The molecule has 0 amide bonds. The number of hydrogen-bond donors (Lipinski definition) is 2. The van der Waals surface area contributed by atoms with E-state index >= 15 is 0 Å². The quantitative estimate of drug-likeness (QED) is 0.527. The number of rotatable bonds is 9. The van der Waals surface area contributed by atoms with Crippen LogP contribution in [0, 0.1) is 0 Å². The molecule has 0 bridgehead atoms. The van der Waals surface area contributed by atoms with Crippen LogP contribution in [0.15, 0.2) is 23.2 Å². The highest BCUT2D eigenvalue weighted by Crippen LogP contribution is 2.28. The molecule has 0 spiro atoms. The Morgan fingerprint density at radius 1 is 1.21 bits per heavy atom. The Morgan fingerprint density at radius 3 is 2.54 bits per heavy atom. The van der Waals surface area contributed by atoms with Crippen molar-refractivity contribution in [2.75, 3.05) is 33.1 Å². The minimum absolute atomic E-state index is 0.165. The van der Waals surface area contributed by atoms with Gasteiger partial charge in [0.25, 0.3) is 0 Å². The zero-order chi connectivity index (χ0) is 18.0.